The summed E-state index contributed by atoms with van der Waals surface area (Å²) in [6.07, 6.45) is 6.21. The fourth-order valence-corrected chi connectivity index (χ4v) is 2.86. The first-order chi connectivity index (χ1) is 7.60. The number of aliphatic hydroxyl groups is 1. The van der Waals surface area contributed by atoms with Gasteiger partial charge in [-0.2, -0.15) is 0 Å². The van der Waals surface area contributed by atoms with Crippen molar-refractivity contribution in [2.45, 2.75) is 51.6 Å². The molecule has 1 aromatic rings. The van der Waals surface area contributed by atoms with Gasteiger partial charge < -0.3 is 5.11 Å². The van der Waals surface area contributed by atoms with Gasteiger partial charge in [0.1, 0.15) is 0 Å². The van der Waals surface area contributed by atoms with E-state index in [2.05, 4.69) is 25.1 Å². The van der Waals surface area contributed by atoms with Gasteiger partial charge in [0.05, 0.1) is 5.60 Å². The van der Waals surface area contributed by atoms with E-state index in [9.17, 15) is 5.11 Å². The number of hydrogen-bond acceptors (Lipinski definition) is 1. The van der Waals surface area contributed by atoms with E-state index in [1.165, 1.54) is 37.7 Å². The molecule has 0 amide bonds. The van der Waals surface area contributed by atoms with Crippen molar-refractivity contribution in [1.82, 2.24) is 0 Å². The summed E-state index contributed by atoms with van der Waals surface area (Å²) in [6, 6.07) is 8.30. The van der Waals surface area contributed by atoms with Gasteiger partial charge in [-0.1, -0.05) is 49.1 Å². The Morgan fingerprint density at radius 2 is 1.88 bits per heavy atom. The van der Waals surface area contributed by atoms with E-state index < -0.39 is 5.60 Å². The summed E-state index contributed by atoms with van der Waals surface area (Å²) in [5.74, 6) is 0.433. The highest BCUT2D eigenvalue weighted by Gasteiger charge is 2.34. The highest BCUT2D eigenvalue weighted by molar-refractivity contribution is 5.27. The third-order valence-corrected chi connectivity index (χ3v) is 4.00. The molecule has 1 heteroatoms. The minimum Gasteiger partial charge on any atom is -0.385 e. The molecular formula is C15H22O. The molecule has 1 nitrogen and oxygen atoms in total. The number of hydrogen-bond donors (Lipinski definition) is 1. The molecule has 0 radical (unpaired) electrons. The van der Waals surface area contributed by atoms with Crippen LogP contribution in [0, 0.1) is 12.8 Å². The maximum atomic E-state index is 10.7. The van der Waals surface area contributed by atoms with Crippen LogP contribution in [0.25, 0.3) is 0 Å². The molecule has 1 unspecified atom stereocenters. The fourth-order valence-electron chi connectivity index (χ4n) is 2.86. The van der Waals surface area contributed by atoms with E-state index in [1.54, 1.807) is 0 Å². The van der Waals surface area contributed by atoms with Crippen molar-refractivity contribution in [2.24, 2.45) is 5.92 Å². The summed E-state index contributed by atoms with van der Waals surface area (Å²) < 4.78 is 0. The zero-order valence-corrected chi connectivity index (χ0v) is 10.4. The van der Waals surface area contributed by atoms with Crippen LogP contribution >= 0.6 is 0 Å². The number of rotatable bonds is 2. The largest absolute Gasteiger partial charge is 0.385 e. The maximum absolute atomic E-state index is 10.7. The van der Waals surface area contributed by atoms with Crippen molar-refractivity contribution in [2.75, 3.05) is 0 Å². The topological polar surface area (TPSA) is 20.2 Å². The van der Waals surface area contributed by atoms with Crippen LogP contribution in [0.5, 0.6) is 0 Å². The Hall–Kier alpha value is -0.820. The molecular weight excluding hydrogens is 196 g/mol. The predicted molar refractivity (Wildman–Crippen MR) is 67.3 cm³/mol. The van der Waals surface area contributed by atoms with Crippen LogP contribution < -0.4 is 0 Å². The van der Waals surface area contributed by atoms with Crippen LogP contribution in [0.2, 0.25) is 0 Å². The molecule has 0 aromatic heterocycles. The Morgan fingerprint density at radius 3 is 2.50 bits per heavy atom. The Bertz CT molecular complexity index is 348. The number of benzene rings is 1. The molecule has 1 N–H and O–H groups in total. The second-order valence-electron chi connectivity index (χ2n) is 5.35. The molecule has 0 spiro atoms. The molecule has 0 bridgehead atoms. The lowest BCUT2D eigenvalue weighted by atomic mass is 9.74. The third-order valence-electron chi connectivity index (χ3n) is 4.00. The summed E-state index contributed by atoms with van der Waals surface area (Å²) in [6.45, 7) is 4.07. The minimum atomic E-state index is -0.646. The van der Waals surface area contributed by atoms with Gasteiger partial charge in [-0.15, -0.1) is 0 Å². The first kappa shape index (κ1) is 11.7. The lowest BCUT2D eigenvalue weighted by molar-refractivity contribution is -0.0215. The average molecular weight is 218 g/mol. The summed E-state index contributed by atoms with van der Waals surface area (Å²) >= 11 is 0. The first-order valence-electron chi connectivity index (χ1n) is 6.40. The Labute approximate surface area is 98.5 Å². The first-order valence-corrected chi connectivity index (χ1v) is 6.40. The van der Waals surface area contributed by atoms with Crippen LogP contribution in [0.3, 0.4) is 0 Å². The van der Waals surface area contributed by atoms with Crippen LogP contribution in [-0.2, 0) is 5.60 Å². The lowest BCUT2D eigenvalue weighted by Crippen LogP contribution is -2.33. The minimum absolute atomic E-state index is 0.433. The van der Waals surface area contributed by atoms with Crippen molar-refractivity contribution in [1.29, 1.82) is 0 Å². The smallest absolute Gasteiger partial charge is 0.0896 e. The summed E-state index contributed by atoms with van der Waals surface area (Å²) in [7, 11) is 0. The number of aryl methyl sites for hydroxylation is 1. The standard InChI is InChI=1S/C15H22O/c1-12-7-6-10-14(11-12)15(2,16)13-8-4-3-5-9-13/h6-7,10-11,13,16H,3-5,8-9H2,1-2H3. The lowest BCUT2D eigenvalue weighted by Gasteiger charge is -2.36. The summed E-state index contributed by atoms with van der Waals surface area (Å²) in [4.78, 5) is 0. The molecule has 1 aromatic carbocycles. The molecule has 0 heterocycles. The molecule has 1 aliphatic carbocycles. The summed E-state index contributed by atoms with van der Waals surface area (Å²) in [5.41, 5.74) is 1.67. The second-order valence-corrected chi connectivity index (χ2v) is 5.35. The van der Waals surface area contributed by atoms with Gasteiger partial charge in [0.2, 0.25) is 0 Å². The van der Waals surface area contributed by atoms with Gasteiger partial charge in [-0.3, -0.25) is 0 Å². The summed E-state index contributed by atoms with van der Waals surface area (Å²) in [5, 5.41) is 10.7. The van der Waals surface area contributed by atoms with Crippen LogP contribution in [-0.4, -0.2) is 5.11 Å². The second kappa shape index (κ2) is 4.58. The van der Waals surface area contributed by atoms with Crippen molar-refractivity contribution in [3.8, 4) is 0 Å². The average Bonchev–Trinajstić information content (AvgIpc) is 2.30. The van der Waals surface area contributed by atoms with Crippen LogP contribution in [0.4, 0.5) is 0 Å². The molecule has 1 saturated carbocycles. The highest BCUT2D eigenvalue weighted by Crippen LogP contribution is 2.39. The van der Waals surface area contributed by atoms with E-state index in [0.29, 0.717) is 5.92 Å². The SMILES string of the molecule is Cc1cccc(C(C)(O)C2CCCCC2)c1. The van der Waals surface area contributed by atoms with Gasteiger partial charge in [0.15, 0.2) is 0 Å². The predicted octanol–water partition coefficient (Wildman–Crippen LogP) is 3.78. The molecule has 1 atom stereocenters. The maximum Gasteiger partial charge on any atom is 0.0896 e. The van der Waals surface area contributed by atoms with Gasteiger partial charge in [0, 0.05) is 0 Å². The normalized spacial score (nSPS) is 21.7. The molecule has 88 valence electrons. The Kier molecular flexibility index (Phi) is 3.34. The highest BCUT2D eigenvalue weighted by atomic mass is 16.3. The fraction of sp³-hybridized carbons (Fsp3) is 0.600. The van der Waals surface area contributed by atoms with Crippen LogP contribution in [0.1, 0.15) is 50.2 Å². The molecule has 0 saturated heterocycles. The van der Waals surface area contributed by atoms with Crippen molar-refractivity contribution in [3.63, 3.8) is 0 Å². The third kappa shape index (κ3) is 2.30. The van der Waals surface area contributed by atoms with Gasteiger partial charge in [-0.05, 0) is 38.2 Å². The van der Waals surface area contributed by atoms with Crippen molar-refractivity contribution < 1.29 is 5.11 Å². The van der Waals surface area contributed by atoms with E-state index in [-0.39, 0.29) is 0 Å². The van der Waals surface area contributed by atoms with E-state index in [1.807, 2.05) is 13.0 Å². The van der Waals surface area contributed by atoms with Crippen molar-refractivity contribution >= 4 is 0 Å². The zero-order chi connectivity index (χ0) is 11.6. The molecule has 2 rings (SSSR count). The molecule has 1 fully saturated rings. The van der Waals surface area contributed by atoms with E-state index >= 15 is 0 Å². The monoisotopic (exact) mass is 218 g/mol. The van der Waals surface area contributed by atoms with Crippen LogP contribution in [0.15, 0.2) is 24.3 Å². The Morgan fingerprint density at radius 1 is 1.19 bits per heavy atom. The molecule has 16 heavy (non-hydrogen) atoms. The van der Waals surface area contributed by atoms with E-state index in [0.717, 1.165) is 5.56 Å². The van der Waals surface area contributed by atoms with Crippen molar-refractivity contribution in [3.05, 3.63) is 35.4 Å². The quantitative estimate of drug-likeness (QED) is 0.801. The molecule has 1 aliphatic rings. The molecule has 0 aliphatic heterocycles. The van der Waals surface area contributed by atoms with Gasteiger partial charge >= 0.3 is 0 Å². The van der Waals surface area contributed by atoms with Gasteiger partial charge in [0.25, 0.3) is 0 Å². The van der Waals surface area contributed by atoms with Gasteiger partial charge in [-0.25, -0.2) is 0 Å². The Balaban J connectivity index is 2.22. The van der Waals surface area contributed by atoms with E-state index in [4.69, 9.17) is 0 Å². The zero-order valence-electron chi connectivity index (χ0n) is 10.4.